The highest BCUT2D eigenvalue weighted by Gasteiger charge is 2.03. The number of nitrogen functional groups attached to an aromatic ring is 1. The molecule has 15 heavy (non-hydrogen) atoms. The predicted molar refractivity (Wildman–Crippen MR) is 61.7 cm³/mol. The predicted octanol–water partition coefficient (Wildman–Crippen LogP) is 3.23. The second-order valence-electron chi connectivity index (χ2n) is 3.10. The molecule has 2 N–H and O–H groups in total. The average molecular weight is 267 g/mol. The van der Waals surface area contributed by atoms with Gasteiger partial charge in [-0.2, -0.15) is 0 Å². The van der Waals surface area contributed by atoms with E-state index in [9.17, 15) is 4.39 Å². The summed E-state index contributed by atoms with van der Waals surface area (Å²) < 4.78 is 13.7. The first-order valence-electron chi connectivity index (χ1n) is 4.34. The third kappa shape index (κ3) is 2.15. The molecule has 0 bridgehead atoms. The molecule has 2 nitrogen and oxygen atoms in total. The number of rotatable bonds is 1. The van der Waals surface area contributed by atoms with E-state index in [1.807, 2.05) is 0 Å². The van der Waals surface area contributed by atoms with Crippen molar-refractivity contribution in [2.45, 2.75) is 0 Å². The molecule has 1 aromatic heterocycles. The highest BCUT2D eigenvalue weighted by molar-refractivity contribution is 9.10. The summed E-state index contributed by atoms with van der Waals surface area (Å²) in [5, 5.41) is 0. The van der Waals surface area contributed by atoms with Gasteiger partial charge in [0.1, 0.15) is 5.82 Å². The molecule has 76 valence electrons. The molecule has 2 aromatic rings. The van der Waals surface area contributed by atoms with Crippen molar-refractivity contribution in [1.29, 1.82) is 0 Å². The van der Waals surface area contributed by atoms with Gasteiger partial charge in [0.15, 0.2) is 0 Å². The molecular weight excluding hydrogens is 259 g/mol. The summed E-state index contributed by atoms with van der Waals surface area (Å²) in [7, 11) is 0. The Bertz CT molecular complexity index is 500. The second-order valence-corrected chi connectivity index (χ2v) is 3.96. The third-order valence-corrected chi connectivity index (χ3v) is 2.67. The quantitative estimate of drug-likeness (QED) is 0.861. The Kier molecular flexibility index (Phi) is 2.68. The smallest absolute Gasteiger partial charge is 0.123 e. The van der Waals surface area contributed by atoms with Crippen molar-refractivity contribution in [2.24, 2.45) is 0 Å². The Labute approximate surface area is 95.1 Å². The van der Waals surface area contributed by atoms with E-state index >= 15 is 0 Å². The van der Waals surface area contributed by atoms with Gasteiger partial charge in [-0.3, -0.25) is 4.98 Å². The lowest BCUT2D eigenvalue weighted by molar-refractivity contribution is 0.628. The SMILES string of the molecule is Nc1cc(-c2cccc(F)c2)ncc1Br. The zero-order chi connectivity index (χ0) is 10.8. The van der Waals surface area contributed by atoms with Crippen LogP contribution in [-0.2, 0) is 0 Å². The Morgan fingerprint density at radius 1 is 1.27 bits per heavy atom. The molecule has 0 atom stereocenters. The summed E-state index contributed by atoms with van der Waals surface area (Å²) in [6, 6.07) is 7.96. The van der Waals surface area contributed by atoms with Gasteiger partial charge in [-0.15, -0.1) is 0 Å². The fraction of sp³-hybridized carbons (Fsp3) is 0. The van der Waals surface area contributed by atoms with Crippen LogP contribution in [0.3, 0.4) is 0 Å². The van der Waals surface area contributed by atoms with Crippen molar-refractivity contribution in [1.82, 2.24) is 4.98 Å². The fourth-order valence-electron chi connectivity index (χ4n) is 1.26. The lowest BCUT2D eigenvalue weighted by atomic mass is 10.1. The van der Waals surface area contributed by atoms with Crippen LogP contribution in [0.1, 0.15) is 0 Å². The van der Waals surface area contributed by atoms with E-state index in [2.05, 4.69) is 20.9 Å². The van der Waals surface area contributed by atoms with Crippen molar-refractivity contribution >= 4 is 21.6 Å². The first-order valence-corrected chi connectivity index (χ1v) is 5.13. The van der Waals surface area contributed by atoms with Gasteiger partial charge in [-0.05, 0) is 34.1 Å². The Morgan fingerprint density at radius 2 is 2.07 bits per heavy atom. The lowest BCUT2D eigenvalue weighted by Gasteiger charge is -2.03. The molecule has 0 saturated heterocycles. The summed E-state index contributed by atoms with van der Waals surface area (Å²) in [5.41, 5.74) is 7.68. The number of anilines is 1. The monoisotopic (exact) mass is 266 g/mol. The summed E-state index contributed by atoms with van der Waals surface area (Å²) in [6.45, 7) is 0. The maximum absolute atomic E-state index is 13.0. The first-order chi connectivity index (χ1) is 7.16. The molecule has 0 spiro atoms. The number of hydrogen-bond acceptors (Lipinski definition) is 2. The molecule has 0 amide bonds. The average Bonchev–Trinajstić information content (AvgIpc) is 2.22. The van der Waals surface area contributed by atoms with Crippen LogP contribution >= 0.6 is 15.9 Å². The maximum atomic E-state index is 13.0. The number of nitrogens with zero attached hydrogens (tertiary/aromatic N) is 1. The van der Waals surface area contributed by atoms with Crippen LogP contribution in [0, 0.1) is 5.82 Å². The zero-order valence-corrected chi connectivity index (χ0v) is 9.33. The van der Waals surface area contributed by atoms with Crippen molar-refractivity contribution < 1.29 is 4.39 Å². The number of halogens is 2. The number of benzene rings is 1. The van der Waals surface area contributed by atoms with Crippen molar-refractivity contribution in [3.63, 3.8) is 0 Å². The Morgan fingerprint density at radius 3 is 2.73 bits per heavy atom. The van der Waals surface area contributed by atoms with Crippen LogP contribution in [0.25, 0.3) is 11.3 Å². The molecule has 0 aliphatic carbocycles. The molecule has 0 aliphatic rings. The normalized spacial score (nSPS) is 10.3. The van der Waals surface area contributed by atoms with Crippen molar-refractivity contribution in [2.75, 3.05) is 5.73 Å². The van der Waals surface area contributed by atoms with Gasteiger partial charge >= 0.3 is 0 Å². The maximum Gasteiger partial charge on any atom is 0.123 e. The highest BCUT2D eigenvalue weighted by Crippen LogP contribution is 2.24. The van der Waals surface area contributed by atoms with Gasteiger partial charge in [0.2, 0.25) is 0 Å². The number of pyridine rings is 1. The van der Waals surface area contributed by atoms with Crippen LogP contribution in [0.15, 0.2) is 41.0 Å². The number of hydrogen-bond donors (Lipinski definition) is 1. The van der Waals surface area contributed by atoms with Gasteiger partial charge in [0.25, 0.3) is 0 Å². The van der Waals surface area contributed by atoms with Gasteiger partial charge in [-0.1, -0.05) is 12.1 Å². The lowest BCUT2D eigenvalue weighted by Crippen LogP contribution is -1.91. The Balaban J connectivity index is 2.50. The van der Waals surface area contributed by atoms with E-state index in [4.69, 9.17) is 5.73 Å². The molecule has 0 fully saturated rings. The van der Waals surface area contributed by atoms with E-state index in [1.54, 1.807) is 24.4 Å². The minimum Gasteiger partial charge on any atom is -0.398 e. The zero-order valence-electron chi connectivity index (χ0n) is 7.74. The van der Waals surface area contributed by atoms with Crippen molar-refractivity contribution in [3.8, 4) is 11.3 Å². The fourth-order valence-corrected chi connectivity index (χ4v) is 1.48. The molecule has 2 rings (SSSR count). The Hall–Kier alpha value is -1.42. The van der Waals surface area contributed by atoms with E-state index < -0.39 is 0 Å². The van der Waals surface area contributed by atoms with E-state index in [1.165, 1.54) is 12.1 Å². The van der Waals surface area contributed by atoms with Gasteiger partial charge in [0, 0.05) is 17.4 Å². The van der Waals surface area contributed by atoms with Crippen LogP contribution in [0.2, 0.25) is 0 Å². The second kappa shape index (κ2) is 3.98. The highest BCUT2D eigenvalue weighted by atomic mass is 79.9. The molecule has 0 aliphatic heterocycles. The minimum absolute atomic E-state index is 0.282. The van der Waals surface area contributed by atoms with E-state index in [-0.39, 0.29) is 5.82 Å². The molecule has 0 unspecified atom stereocenters. The van der Waals surface area contributed by atoms with Crippen molar-refractivity contribution in [3.05, 3.63) is 46.8 Å². The molecule has 0 radical (unpaired) electrons. The van der Waals surface area contributed by atoms with Crippen LogP contribution in [-0.4, -0.2) is 4.98 Å². The van der Waals surface area contributed by atoms with Gasteiger partial charge in [-0.25, -0.2) is 4.39 Å². The van der Waals surface area contributed by atoms with Gasteiger partial charge in [0.05, 0.1) is 10.2 Å². The van der Waals surface area contributed by atoms with E-state index in [0.29, 0.717) is 16.9 Å². The van der Waals surface area contributed by atoms with Crippen LogP contribution < -0.4 is 5.73 Å². The topological polar surface area (TPSA) is 38.9 Å². The summed E-state index contributed by atoms with van der Waals surface area (Å²) >= 11 is 3.25. The largest absolute Gasteiger partial charge is 0.398 e. The first kappa shape index (κ1) is 10.1. The third-order valence-electron chi connectivity index (χ3n) is 2.01. The molecule has 1 heterocycles. The van der Waals surface area contributed by atoms with Gasteiger partial charge < -0.3 is 5.73 Å². The summed E-state index contributed by atoms with van der Waals surface area (Å²) in [5.74, 6) is -0.282. The molecule has 0 saturated carbocycles. The molecule has 1 aromatic carbocycles. The van der Waals surface area contributed by atoms with Crippen LogP contribution in [0.4, 0.5) is 10.1 Å². The summed E-state index contributed by atoms with van der Waals surface area (Å²) in [6.07, 6.45) is 1.61. The minimum atomic E-state index is -0.282. The molecule has 4 heteroatoms. The standard InChI is InChI=1S/C11H8BrFN2/c12-9-6-15-11(5-10(9)14)7-2-1-3-8(13)4-7/h1-6H,(H2,14,15). The summed E-state index contributed by atoms with van der Waals surface area (Å²) in [4.78, 5) is 4.16. The number of nitrogens with two attached hydrogens (primary N) is 1. The van der Waals surface area contributed by atoms with E-state index in [0.717, 1.165) is 4.47 Å². The van der Waals surface area contributed by atoms with Crippen LogP contribution in [0.5, 0.6) is 0 Å². The number of aromatic nitrogens is 1. The molecular formula is C11H8BrFN2.